The van der Waals surface area contributed by atoms with Gasteiger partial charge < -0.3 is 15.8 Å². The second kappa shape index (κ2) is 7.89. The van der Waals surface area contributed by atoms with Gasteiger partial charge >= 0.3 is 0 Å². The third kappa shape index (κ3) is 5.33. The van der Waals surface area contributed by atoms with E-state index in [4.69, 9.17) is 5.73 Å². The maximum atomic E-state index is 11.3. The molecular weight excluding hydrogens is 248 g/mol. The number of hydrogen-bond donors (Lipinski definition) is 2. The van der Waals surface area contributed by atoms with Gasteiger partial charge in [0, 0.05) is 11.5 Å². The number of hydrogen-bond acceptors (Lipinski definition) is 4. The number of nitrogens with two attached hydrogens (primary N) is 1. The van der Waals surface area contributed by atoms with E-state index >= 15 is 0 Å². The van der Waals surface area contributed by atoms with Crippen LogP contribution in [0.3, 0.4) is 0 Å². The molecule has 0 aliphatic rings. The van der Waals surface area contributed by atoms with E-state index in [1.165, 1.54) is 5.56 Å². The molecule has 1 amide bonds. The van der Waals surface area contributed by atoms with Crippen molar-refractivity contribution in [2.24, 2.45) is 5.73 Å². The van der Waals surface area contributed by atoms with Crippen LogP contribution in [0.4, 0.5) is 0 Å². The minimum atomic E-state index is -0.591. The third-order valence-corrected chi connectivity index (χ3v) is 3.45. The van der Waals surface area contributed by atoms with Crippen molar-refractivity contribution in [2.75, 3.05) is 5.75 Å². The van der Waals surface area contributed by atoms with Crippen LogP contribution in [-0.2, 0) is 15.3 Å². The predicted octanol–water partition coefficient (Wildman–Crippen LogP) is 0.951. The standard InChI is InChI=1S/C13H18N2O2S/c1-10(14)13(17)15-12(7-16)9-18-8-11-5-3-2-4-6-11/h2-7,10,12H,8-9,14H2,1H3,(H,15,17). The highest BCUT2D eigenvalue weighted by molar-refractivity contribution is 7.98. The van der Waals surface area contributed by atoms with E-state index in [2.05, 4.69) is 5.32 Å². The van der Waals surface area contributed by atoms with Crippen molar-refractivity contribution < 1.29 is 9.59 Å². The summed E-state index contributed by atoms with van der Waals surface area (Å²) < 4.78 is 0. The lowest BCUT2D eigenvalue weighted by Crippen LogP contribution is -2.45. The Bertz CT molecular complexity index is 382. The Labute approximate surface area is 111 Å². The Balaban J connectivity index is 2.32. The van der Waals surface area contributed by atoms with E-state index in [-0.39, 0.29) is 5.91 Å². The fraction of sp³-hybridized carbons (Fsp3) is 0.385. The molecular formula is C13H18N2O2S. The molecule has 1 aromatic rings. The topological polar surface area (TPSA) is 72.2 Å². The molecule has 0 spiro atoms. The highest BCUT2D eigenvalue weighted by Crippen LogP contribution is 2.12. The zero-order valence-corrected chi connectivity index (χ0v) is 11.2. The summed E-state index contributed by atoms with van der Waals surface area (Å²) in [5.41, 5.74) is 6.62. The molecule has 0 aliphatic heterocycles. The number of rotatable bonds is 7. The molecule has 0 fully saturated rings. The van der Waals surface area contributed by atoms with E-state index in [1.807, 2.05) is 30.3 Å². The van der Waals surface area contributed by atoms with Crippen molar-refractivity contribution in [1.82, 2.24) is 5.32 Å². The van der Waals surface area contributed by atoms with Gasteiger partial charge in [0.25, 0.3) is 0 Å². The fourth-order valence-corrected chi connectivity index (χ4v) is 2.27. The van der Waals surface area contributed by atoms with Gasteiger partial charge in [-0.2, -0.15) is 11.8 Å². The molecule has 0 saturated heterocycles. The van der Waals surface area contributed by atoms with Gasteiger partial charge in [-0.15, -0.1) is 0 Å². The quantitative estimate of drug-likeness (QED) is 0.721. The van der Waals surface area contributed by atoms with Crippen LogP contribution in [0, 0.1) is 0 Å². The molecule has 2 unspecified atom stereocenters. The first kappa shape index (κ1) is 14.7. The number of benzene rings is 1. The van der Waals surface area contributed by atoms with Crippen molar-refractivity contribution in [2.45, 2.75) is 24.8 Å². The Kier molecular flexibility index (Phi) is 6.46. The van der Waals surface area contributed by atoms with Crippen LogP contribution in [0.5, 0.6) is 0 Å². The number of aldehydes is 1. The van der Waals surface area contributed by atoms with E-state index in [1.54, 1.807) is 18.7 Å². The summed E-state index contributed by atoms with van der Waals surface area (Å²) in [6.07, 6.45) is 0.748. The summed E-state index contributed by atoms with van der Waals surface area (Å²) in [5.74, 6) is 1.07. The van der Waals surface area contributed by atoms with Crippen molar-refractivity contribution in [3.63, 3.8) is 0 Å². The second-order valence-electron chi connectivity index (χ2n) is 4.04. The first-order valence-electron chi connectivity index (χ1n) is 5.76. The molecule has 5 heteroatoms. The molecule has 18 heavy (non-hydrogen) atoms. The molecule has 0 aliphatic carbocycles. The lowest BCUT2D eigenvalue weighted by molar-refractivity contribution is -0.124. The van der Waals surface area contributed by atoms with E-state index in [9.17, 15) is 9.59 Å². The van der Waals surface area contributed by atoms with Gasteiger partial charge in [0.05, 0.1) is 12.1 Å². The van der Waals surface area contributed by atoms with Gasteiger partial charge in [-0.3, -0.25) is 4.79 Å². The van der Waals surface area contributed by atoms with Gasteiger partial charge in [-0.1, -0.05) is 30.3 Å². The molecule has 0 heterocycles. The van der Waals surface area contributed by atoms with Gasteiger partial charge in [0.1, 0.15) is 6.29 Å². The summed E-state index contributed by atoms with van der Waals surface area (Å²) in [6.45, 7) is 1.59. The molecule has 0 radical (unpaired) electrons. The van der Waals surface area contributed by atoms with Crippen LogP contribution in [-0.4, -0.2) is 30.0 Å². The second-order valence-corrected chi connectivity index (χ2v) is 5.07. The first-order valence-corrected chi connectivity index (χ1v) is 6.92. The minimum Gasteiger partial charge on any atom is -0.344 e. The predicted molar refractivity (Wildman–Crippen MR) is 74.2 cm³/mol. The summed E-state index contributed by atoms with van der Waals surface area (Å²) in [4.78, 5) is 22.2. The molecule has 0 bridgehead atoms. The first-order chi connectivity index (χ1) is 8.63. The number of nitrogens with one attached hydrogen (secondary N) is 1. The average molecular weight is 266 g/mol. The third-order valence-electron chi connectivity index (χ3n) is 2.31. The van der Waals surface area contributed by atoms with Crippen molar-refractivity contribution in [3.05, 3.63) is 35.9 Å². The summed E-state index contributed by atoms with van der Waals surface area (Å²) >= 11 is 1.61. The maximum Gasteiger partial charge on any atom is 0.237 e. The molecule has 98 valence electrons. The summed E-state index contributed by atoms with van der Waals surface area (Å²) in [6, 6.07) is 8.91. The zero-order valence-electron chi connectivity index (χ0n) is 10.3. The SMILES string of the molecule is CC(N)C(=O)NC(C=O)CSCc1ccccc1. The van der Waals surface area contributed by atoms with Crippen LogP contribution in [0.1, 0.15) is 12.5 Å². The van der Waals surface area contributed by atoms with Gasteiger partial charge in [0.2, 0.25) is 5.91 Å². The van der Waals surface area contributed by atoms with E-state index < -0.39 is 12.1 Å². The van der Waals surface area contributed by atoms with E-state index in [0.717, 1.165) is 12.0 Å². The Morgan fingerprint density at radius 3 is 2.67 bits per heavy atom. The number of amides is 1. The van der Waals surface area contributed by atoms with Crippen LogP contribution in [0.25, 0.3) is 0 Å². The monoisotopic (exact) mass is 266 g/mol. The van der Waals surface area contributed by atoms with Crippen LogP contribution >= 0.6 is 11.8 Å². The summed E-state index contributed by atoms with van der Waals surface area (Å²) in [5, 5.41) is 2.60. The van der Waals surface area contributed by atoms with E-state index in [0.29, 0.717) is 5.75 Å². The van der Waals surface area contributed by atoms with Gasteiger partial charge in [-0.25, -0.2) is 0 Å². The number of thioether (sulfide) groups is 1. The van der Waals surface area contributed by atoms with Crippen molar-refractivity contribution in [1.29, 1.82) is 0 Å². The normalized spacial score (nSPS) is 13.7. The average Bonchev–Trinajstić information content (AvgIpc) is 2.38. The zero-order chi connectivity index (χ0) is 13.4. The molecule has 2 atom stereocenters. The number of carbonyl (C=O) groups excluding carboxylic acids is 2. The minimum absolute atomic E-state index is 0.299. The molecule has 4 nitrogen and oxygen atoms in total. The number of carbonyl (C=O) groups is 2. The maximum absolute atomic E-state index is 11.3. The lowest BCUT2D eigenvalue weighted by atomic mass is 10.2. The smallest absolute Gasteiger partial charge is 0.237 e. The molecule has 3 N–H and O–H groups in total. The van der Waals surface area contributed by atoms with Crippen LogP contribution in [0.2, 0.25) is 0 Å². The van der Waals surface area contributed by atoms with Crippen molar-refractivity contribution in [3.8, 4) is 0 Å². The Morgan fingerprint density at radius 2 is 2.11 bits per heavy atom. The lowest BCUT2D eigenvalue weighted by Gasteiger charge is -2.14. The highest BCUT2D eigenvalue weighted by Gasteiger charge is 2.13. The van der Waals surface area contributed by atoms with Gasteiger partial charge in [-0.05, 0) is 12.5 Å². The van der Waals surface area contributed by atoms with Crippen LogP contribution < -0.4 is 11.1 Å². The molecule has 0 saturated carbocycles. The van der Waals surface area contributed by atoms with Crippen molar-refractivity contribution >= 4 is 24.0 Å². The highest BCUT2D eigenvalue weighted by atomic mass is 32.2. The Hall–Kier alpha value is -1.33. The Morgan fingerprint density at radius 1 is 1.44 bits per heavy atom. The van der Waals surface area contributed by atoms with Crippen LogP contribution in [0.15, 0.2) is 30.3 Å². The molecule has 0 aromatic heterocycles. The largest absolute Gasteiger partial charge is 0.344 e. The molecule has 1 aromatic carbocycles. The summed E-state index contributed by atoms with van der Waals surface area (Å²) in [7, 11) is 0. The fourth-order valence-electron chi connectivity index (χ4n) is 1.31. The van der Waals surface area contributed by atoms with Gasteiger partial charge in [0.15, 0.2) is 0 Å². The molecule has 1 rings (SSSR count).